The van der Waals surface area contributed by atoms with Crippen molar-refractivity contribution in [1.82, 2.24) is 0 Å². The predicted octanol–water partition coefficient (Wildman–Crippen LogP) is 2.74. The van der Waals surface area contributed by atoms with E-state index < -0.39 is 19.9 Å². The Labute approximate surface area is 105 Å². The van der Waals surface area contributed by atoms with Crippen LogP contribution in [0.4, 0.5) is 0 Å². The normalized spacial score (nSPS) is 14.9. The summed E-state index contributed by atoms with van der Waals surface area (Å²) in [4.78, 5) is 11.2. The first-order valence-electron chi connectivity index (χ1n) is 5.76. The van der Waals surface area contributed by atoms with Gasteiger partial charge >= 0.3 is 5.97 Å². The molecule has 0 N–H and O–H groups in total. The van der Waals surface area contributed by atoms with Crippen LogP contribution in [0.5, 0.6) is 0 Å². The lowest BCUT2D eigenvalue weighted by molar-refractivity contribution is -0.136. The summed E-state index contributed by atoms with van der Waals surface area (Å²) in [5.41, 5.74) is -0.716. The highest BCUT2D eigenvalue weighted by Crippen LogP contribution is 2.18. The predicted molar refractivity (Wildman–Crippen MR) is 72.1 cm³/mol. The van der Waals surface area contributed by atoms with Crippen molar-refractivity contribution in [3.63, 3.8) is 0 Å². The molecule has 0 rings (SSSR count). The molecular formula is C13H22O3Si. The topological polar surface area (TPSA) is 35.5 Å². The molecule has 96 valence electrons. The quantitative estimate of drug-likeness (QED) is 0.254. The van der Waals surface area contributed by atoms with Gasteiger partial charge in [0.05, 0.1) is 6.61 Å². The molecule has 3 nitrogen and oxygen atoms in total. The molecule has 0 aromatic heterocycles. The zero-order chi connectivity index (χ0) is 13.5. The molecule has 0 aromatic carbocycles. The first kappa shape index (κ1) is 15.9. The van der Waals surface area contributed by atoms with E-state index in [0.717, 1.165) is 0 Å². The van der Waals surface area contributed by atoms with E-state index in [1.54, 1.807) is 6.92 Å². The van der Waals surface area contributed by atoms with Gasteiger partial charge in [0, 0.05) is 5.92 Å². The van der Waals surface area contributed by atoms with Crippen LogP contribution in [0.25, 0.3) is 0 Å². The molecule has 0 radical (unpaired) electrons. The van der Waals surface area contributed by atoms with Crippen molar-refractivity contribution in [3.05, 3.63) is 12.2 Å². The largest absolute Gasteiger partial charge is 0.456 e. The lowest BCUT2D eigenvalue weighted by Gasteiger charge is -2.29. The van der Waals surface area contributed by atoms with Gasteiger partial charge in [-0.05, 0) is 46.5 Å². The number of hydrogen-bond acceptors (Lipinski definition) is 3. The molecule has 0 saturated carbocycles. The minimum absolute atomic E-state index is 0.336. The van der Waals surface area contributed by atoms with E-state index in [9.17, 15) is 4.79 Å². The average Bonchev–Trinajstić information content (AvgIpc) is 2.13. The van der Waals surface area contributed by atoms with Crippen molar-refractivity contribution in [1.29, 1.82) is 0 Å². The Morgan fingerprint density at radius 2 is 2.00 bits per heavy atom. The molecule has 0 spiro atoms. The Morgan fingerprint density at radius 3 is 2.41 bits per heavy atom. The summed E-state index contributed by atoms with van der Waals surface area (Å²) >= 11 is 0. The van der Waals surface area contributed by atoms with E-state index in [-0.39, 0.29) is 0 Å². The van der Waals surface area contributed by atoms with Gasteiger partial charge < -0.3 is 9.16 Å². The molecule has 0 aliphatic carbocycles. The van der Waals surface area contributed by atoms with Crippen LogP contribution in [-0.2, 0) is 14.0 Å². The lowest BCUT2D eigenvalue weighted by atomic mass is 10.1. The highest BCUT2D eigenvalue weighted by atomic mass is 28.4. The third kappa shape index (κ3) is 7.78. The minimum atomic E-state index is -1.73. The smallest absolute Gasteiger partial charge is 0.384 e. The maximum absolute atomic E-state index is 11.2. The Balaban J connectivity index is 4.90. The fraction of sp³-hybridized carbons (Fsp3) is 0.615. The van der Waals surface area contributed by atoms with Gasteiger partial charge in [-0.1, -0.05) is 12.0 Å². The van der Waals surface area contributed by atoms with E-state index in [0.29, 0.717) is 6.61 Å². The van der Waals surface area contributed by atoms with E-state index in [4.69, 9.17) is 9.16 Å². The third-order valence-corrected chi connectivity index (χ3v) is 2.73. The molecule has 0 saturated heterocycles. The van der Waals surface area contributed by atoms with Gasteiger partial charge in [-0.25, -0.2) is 4.79 Å². The van der Waals surface area contributed by atoms with Gasteiger partial charge in [0.25, 0.3) is 0 Å². The molecule has 0 aromatic rings. The second kappa shape index (κ2) is 6.63. The van der Waals surface area contributed by atoms with Crippen molar-refractivity contribution >= 4 is 14.3 Å². The number of ether oxygens (including phenoxy) is 1. The number of carbonyl (C=O) groups is 1. The lowest BCUT2D eigenvalue weighted by Crippen LogP contribution is -2.38. The van der Waals surface area contributed by atoms with Gasteiger partial charge in [0.2, 0.25) is 0 Å². The summed E-state index contributed by atoms with van der Waals surface area (Å²) in [5, 5.41) is 0. The number of esters is 1. The van der Waals surface area contributed by atoms with Crippen molar-refractivity contribution < 1.29 is 14.0 Å². The van der Waals surface area contributed by atoms with E-state index in [1.165, 1.54) is 0 Å². The van der Waals surface area contributed by atoms with Crippen LogP contribution in [0.15, 0.2) is 12.2 Å². The van der Waals surface area contributed by atoms with Crippen LogP contribution < -0.4 is 0 Å². The van der Waals surface area contributed by atoms with Gasteiger partial charge in [-0.15, -0.1) is 0 Å². The zero-order valence-electron chi connectivity index (χ0n) is 11.6. The van der Waals surface area contributed by atoms with Crippen LogP contribution in [0.2, 0.25) is 19.6 Å². The van der Waals surface area contributed by atoms with Crippen molar-refractivity contribution in [2.45, 2.75) is 46.0 Å². The summed E-state index contributed by atoms with van der Waals surface area (Å²) in [6, 6.07) is 0. The minimum Gasteiger partial charge on any atom is -0.456 e. The molecule has 0 heterocycles. The summed E-state index contributed by atoms with van der Waals surface area (Å²) in [7, 11) is -1.73. The average molecular weight is 254 g/mol. The molecule has 0 amide bonds. The summed E-state index contributed by atoms with van der Waals surface area (Å²) in [5.74, 6) is 4.79. The highest BCUT2D eigenvalue weighted by molar-refractivity contribution is 6.69. The Kier molecular flexibility index (Phi) is 6.22. The van der Waals surface area contributed by atoms with Crippen LogP contribution >= 0.6 is 0 Å². The number of hydrogen-bond donors (Lipinski definition) is 0. The summed E-state index contributed by atoms with van der Waals surface area (Å²) < 4.78 is 10.7. The standard InChI is InChI=1S/C13H22O3Si/c1-7-10-13(3,16-17(4,5)6)11-9-12(14)15-8-2/h7,10H,8H2,1-6H3/b10-7+. The zero-order valence-corrected chi connectivity index (χ0v) is 12.6. The molecular weight excluding hydrogens is 232 g/mol. The van der Waals surface area contributed by atoms with Crippen LogP contribution in [0.1, 0.15) is 20.8 Å². The molecule has 4 heteroatoms. The van der Waals surface area contributed by atoms with Crippen molar-refractivity contribution in [2.24, 2.45) is 0 Å². The van der Waals surface area contributed by atoms with E-state index in [1.807, 2.05) is 26.0 Å². The monoisotopic (exact) mass is 254 g/mol. The maximum atomic E-state index is 11.2. The van der Waals surface area contributed by atoms with E-state index in [2.05, 4.69) is 31.5 Å². The fourth-order valence-corrected chi connectivity index (χ4v) is 2.79. The molecule has 1 unspecified atom stereocenters. The third-order valence-electron chi connectivity index (χ3n) is 1.69. The first-order valence-corrected chi connectivity index (χ1v) is 9.17. The Hall–Kier alpha value is -1.05. The SMILES string of the molecule is C/C=C/C(C)(C#CC(=O)OCC)O[Si](C)(C)C. The molecule has 0 fully saturated rings. The maximum Gasteiger partial charge on any atom is 0.384 e. The second-order valence-electron chi connectivity index (χ2n) is 4.79. The second-order valence-corrected chi connectivity index (χ2v) is 9.22. The highest BCUT2D eigenvalue weighted by Gasteiger charge is 2.27. The van der Waals surface area contributed by atoms with Crippen molar-refractivity contribution in [2.75, 3.05) is 6.61 Å². The number of carbonyl (C=O) groups excluding carboxylic acids is 1. The van der Waals surface area contributed by atoms with Crippen LogP contribution in [0, 0.1) is 11.8 Å². The molecule has 0 bridgehead atoms. The Morgan fingerprint density at radius 1 is 1.41 bits per heavy atom. The van der Waals surface area contributed by atoms with Crippen LogP contribution in [-0.4, -0.2) is 26.5 Å². The fourth-order valence-electron chi connectivity index (χ4n) is 1.40. The van der Waals surface area contributed by atoms with Crippen LogP contribution in [0.3, 0.4) is 0 Å². The van der Waals surface area contributed by atoms with E-state index >= 15 is 0 Å². The summed E-state index contributed by atoms with van der Waals surface area (Å²) in [6.07, 6.45) is 3.73. The number of allylic oxidation sites excluding steroid dienone is 1. The first-order chi connectivity index (χ1) is 7.72. The Bertz CT molecular complexity index is 344. The summed E-state index contributed by atoms with van der Waals surface area (Å²) in [6.45, 7) is 12.1. The van der Waals surface area contributed by atoms with Gasteiger partial charge in [0.1, 0.15) is 5.60 Å². The van der Waals surface area contributed by atoms with Gasteiger partial charge in [0.15, 0.2) is 8.32 Å². The van der Waals surface area contributed by atoms with Crippen molar-refractivity contribution in [3.8, 4) is 11.8 Å². The molecule has 0 aliphatic rings. The molecule has 0 aliphatic heterocycles. The van der Waals surface area contributed by atoms with Gasteiger partial charge in [-0.2, -0.15) is 0 Å². The molecule has 1 atom stereocenters. The number of rotatable bonds is 4. The van der Waals surface area contributed by atoms with Gasteiger partial charge in [-0.3, -0.25) is 0 Å². The molecule has 17 heavy (non-hydrogen) atoms.